The predicted molar refractivity (Wildman–Crippen MR) is 77.5 cm³/mol. The first-order chi connectivity index (χ1) is 9.81. The maximum Gasteiger partial charge on any atom is 0.169 e. The van der Waals surface area contributed by atoms with Gasteiger partial charge >= 0.3 is 0 Å². The van der Waals surface area contributed by atoms with Crippen LogP contribution < -0.4 is 4.74 Å². The van der Waals surface area contributed by atoms with E-state index in [1.54, 1.807) is 0 Å². The number of para-hydroxylation sites is 1. The Kier molecular flexibility index (Phi) is 3.00. The fourth-order valence-corrected chi connectivity index (χ4v) is 4.46. The van der Waals surface area contributed by atoms with Crippen LogP contribution in [0.3, 0.4) is 0 Å². The van der Waals surface area contributed by atoms with E-state index in [9.17, 15) is 5.11 Å². The third-order valence-electron chi connectivity index (χ3n) is 5.43. The average Bonchev–Trinajstić information content (AvgIpc) is 3.02. The Morgan fingerprint density at radius 1 is 1.10 bits per heavy atom. The van der Waals surface area contributed by atoms with E-state index in [0.29, 0.717) is 0 Å². The number of fused-ring (bicyclic) bond motifs is 2. The van der Waals surface area contributed by atoms with Gasteiger partial charge in [-0.1, -0.05) is 24.6 Å². The van der Waals surface area contributed by atoms with Crippen molar-refractivity contribution in [1.29, 1.82) is 0 Å². The second-order valence-corrected chi connectivity index (χ2v) is 6.48. The van der Waals surface area contributed by atoms with Gasteiger partial charge in [-0.15, -0.1) is 0 Å². The summed E-state index contributed by atoms with van der Waals surface area (Å²) in [4.78, 5) is 2.51. The number of nitrogens with zero attached hydrogens (tertiary/aromatic N) is 1. The molecule has 1 saturated carbocycles. The molecule has 2 aliphatic heterocycles. The summed E-state index contributed by atoms with van der Waals surface area (Å²) in [7, 11) is 0. The summed E-state index contributed by atoms with van der Waals surface area (Å²) >= 11 is 0. The van der Waals surface area contributed by atoms with Gasteiger partial charge in [0.05, 0.1) is 6.10 Å². The highest BCUT2D eigenvalue weighted by atomic mass is 16.5. The van der Waals surface area contributed by atoms with E-state index in [2.05, 4.69) is 4.90 Å². The molecule has 1 saturated heterocycles. The van der Waals surface area contributed by atoms with Crippen molar-refractivity contribution >= 4 is 0 Å². The fourth-order valence-electron chi connectivity index (χ4n) is 4.46. The number of hydrogen-bond acceptors (Lipinski definition) is 3. The van der Waals surface area contributed by atoms with Gasteiger partial charge in [0, 0.05) is 31.0 Å². The molecule has 1 aromatic carbocycles. The van der Waals surface area contributed by atoms with Gasteiger partial charge in [-0.05, 0) is 31.7 Å². The first kappa shape index (κ1) is 12.7. The Morgan fingerprint density at radius 2 is 1.90 bits per heavy atom. The van der Waals surface area contributed by atoms with Crippen molar-refractivity contribution in [3.05, 3.63) is 29.8 Å². The lowest BCUT2D eigenvalue weighted by atomic mass is 9.73. The molecular formula is C17H23NO2. The van der Waals surface area contributed by atoms with Gasteiger partial charge in [-0.2, -0.15) is 0 Å². The van der Waals surface area contributed by atoms with Crippen molar-refractivity contribution in [3.63, 3.8) is 0 Å². The van der Waals surface area contributed by atoms with Gasteiger partial charge < -0.3 is 9.84 Å². The first-order valence-electron chi connectivity index (χ1n) is 8.02. The fraction of sp³-hybridized carbons (Fsp3) is 0.647. The topological polar surface area (TPSA) is 32.7 Å². The third-order valence-corrected chi connectivity index (χ3v) is 5.43. The molecule has 0 bridgehead atoms. The molecule has 1 aromatic rings. The summed E-state index contributed by atoms with van der Waals surface area (Å²) < 4.78 is 6.54. The van der Waals surface area contributed by atoms with E-state index in [1.165, 1.54) is 25.7 Å². The van der Waals surface area contributed by atoms with E-state index < -0.39 is 0 Å². The minimum atomic E-state index is -0.374. The first-order valence-corrected chi connectivity index (χ1v) is 8.02. The maximum atomic E-state index is 10.9. The number of rotatable bonds is 1. The van der Waals surface area contributed by atoms with Gasteiger partial charge in [0.25, 0.3) is 0 Å². The lowest BCUT2D eigenvalue weighted by Crippen LogP contribution is -2.61. The van der Waals surface area contributed by atoms with Crippen molar-refractivity contribution in [1.82, 2.24) is 4.90 Å². The quantitative estimate of drug-likeness (QED) is 0.853. The van der Waals surface area contributed by atoms with E-state index in [0.717, 1.165) is 37.2 Å². The SMILES string of the molecule is O[C@H]1c2ccccc2O[C@@]2(N3CCCC3)CCCC[C@H]12. The normalized spacial score (nSPS) is 37.0. The Labute approximate surface area is 120 Å². The summed E-state index contributed by atoms with van der Waals surface area (Å²) in [6.45, 7) is 2.23. The van der Waals surface area contributed by atoms with Gasteiger partial charge in [-0.25, -0.2) is 0 Å². The molecular weight excluding hydrogens is 250 g/mol. The number of aliphatic hydroxyl groups excluding tert-OH is 1. The molecule has 3 heteroatoms. The Balaban J connectivity index is 1.79. The number of benzene rings is 1. The molecule has 0 amide bonds. The maximum absolute atomic E-state index is 10.9. The molecule has 1 aliphatic carbocycles. The van der Waals surface area contributed by atoms with E-state index >= 15 is 0 Å². The minimum Gasteiger partial charge on any atom is -0.472 e. The smallest absolute Gasteiger partial charge is 0.169 e. The van der Waals surface area contributed by atoms with Crippen molar-refractivity contribution < 1.29 is 9.84 Å². The van der Waals surface area contributed by atoms with Crippen LogP contribution in [0.2, 0.25) is 0 Å². The monoisotopic (exact) mass is 273 g/mol. The van der Waals surface area contributed by atoms with Gasteiger partial charge in [-0.3, -0.25) is 4.90 Å². The minimum absolute atomic E-state index is 0.226. The molecule has 2 fully saturated rings. The molecule has 1 N–H and O–H groups in total. The van der Waals surface area contributed by atoms with Crippen molar-refractivity contribution in [2.45, 2.75) is 50.4 Å². The van der Waals surface area contributed by atoms with Crippen LogP contribution >= 0.6 is 0 Å². The second kappa shape index (κ2) is 4.74. The van der Waals surface area contributed by atoms with E-state index in [-0.39, 0.29) is 17.7 Å². The Morgan fingerprint density at radius 3 is 2.75 bits per heavy atom. The third kappa shape index (κ3) is 1.73. The molecule has 0 aromatic heterocycles. The number of hydrogen-bond donors (Lipinski definition) is 1. The summed E-state index contributed by atoms with van der Waals surface area (Å²) in [5.41, 5.74) is 0.733. The molecule has 3 atom stereocenters. The van der Waals surface area contributed by atoms with Crippen molar-refractivity contribution in [2.24, 2.45) is 5.92 Å². The zero-order chi connectivity index (χ0) is 13.6. The highest BCUT2D eigenvalue weighted by molar-refractivity contribution is 5.39. The predicted octanol–water partition coefficient (Wildman–Crippen LogP) is 3.09. The Bertz CT molecular complexity index is 498. The van der Waals surface area contributed by atoms with Crippen LogP contribution in [0.1, 0.15) is 50.2 Å². The summed E-state index contributed by atoms with van der Waals surface area (Å²) in [5, 5.41) is 10.9. The van der Waals surface area contributed by atoms with Crippen LogP contribution in [0.4, 0.5) is 0 Å². The lowest BCUT2D eigenvalue weighted by Gasteiger charge is -2.53. The van der Waals surface area contributed by atoms with Gasteiger partial charge in [0.15, 0.2) is 5.72 Å². The number of likely N-dealkylation sites (tertiary alicyclic amines) is 1. The van der Waals surface area contributed by atoms with Crippen molar-refractivity contribution in [2.75, 3.05) is 13.1 Å². The van der Waals surface area contributed by atoms with Crippen LogP contribution in [0.15, 0.2) is 24.3 Å². The van der Waals surface area contributed by atoms with Crippen molar-refractivity contribution in [3.8, 4) is 5.75 Å². The summed E-state index contributed by atoms with van der Waals surface area (Å²) in [5.74, 6) is 1.12. The van der Waals surface area contributed by atoms with Gasteiger partial charge in [0.2, 0.25) is 0 Å². The molecule has 0 radical (unpaired) electrons. The van der Waals surface area contributed by atoms with Crippen LogP contribution in [-0.4, -0.2) is 28.8 Å². The highest BCUT2D eigenvalue weighted by Crippen LogP contribution is 2.52. The molecule has 4 rings (SSSR count). The van der Waals surface area contributed by atoms with Crippen LogP contribution in [0.5, 0.6) is 5.75 Å². The standard InChI is InChI=1S/C17H23NO2/c19-16-13-7-1-2-9-15(13)20-17(18-11-5-6-12-18)10-4-3-8-14(16)17/h1-2,7,9,14,16,19H,3-6,8,10-12H2/t14-,16+,17+/m1/s1. The average molecular weight is 273 g/mol. The molecule has 3 aliphatic rings. The molecule has 108 valence electrons. The van der Waals surface area contributed by atoms with E-state index in [4.69, 9.17) is 4.74 Å². The highest BCUT2D eigenvalue weighted by Gasteiger charge is 2.54. The lowest BCUT2D eigenvalue weighted by molar-refractivity contribution is -0.184. The second-order valence-electron chi connectivity index (χ2n) is 6.48. The van der Waals surface area contributed by atoms with E-state index in [1.807, 2.05) is 24.3 Å². The number of aliphatic hydroxyl groups is 1. The van der Waals surface area contributed by atoms with Crippen LogP contribution in [-0.2, 0) is 0 Å². The molecule has 0 spiro atoms. The summed E-state index contributed by atoms with van der Waals surface area (Å²) in [6.07, 6.45) is 6.70. The van der Waals surface area contributed by atoms with Crippen LogP contribution in [0, 0.1) is 5.92 Å². The largest absolute Gasteiger partial charge is 0.472 e. The summed E-state index contributed by atoms with van der Waals surface area (Å²) in [6, 6.07) is 8.03. The number of ether oxygens (including phenoxy) is 1. The molecule has 2 heterocycles. The zero-order valence-electron chi connectivity index (χ0n) is 11.9. The molecule has 0 unspecified atom stereocenters. The molecule has 3 nitrogen and oxygen atoms in total. The molecule has 20 heavy (non-hydrogen) atoms. The zero-order valence-corrected chi connectivity index (χ0v) is 11.9. The van der Waals surface area contributed by atoms with Gasteiger partial charge in [0.1, 0.15) is 5.75 Å². The van der Waals surface area contributed by atoms with Crippen LogP contribution in [0.25, 0.3) is 0 Å². The Hall–Kier alpha value is -1.06.